The average molecular weight is 1050 g/mol. The van der Waals surface area contributed by atoms with Crippen molar-refractivity contribution in [2.45, 2.75) is 43.4 Å². The molecule has 1 heterocycles. The molecule has 5 atom stereocenters. The van der Waals surface area contributed by atoms with E-state index in [0.29, 0.717) is 0 Å². The maximum Gasteiger partial charge on any atom is 0.132 e. The molecule has 3 rings (SSSR count). The fourth-order valence-electron chi connectivity index (χ4n) is 3.07. The van der Waals surface area contributed by atoms with Gasteiger partial charge in [0.15, 0.2) is 0 Å². The van der Waals surface area contributed by atoms with Crippen LogP contribution < -0.4 is 0 Å². The summed E-state index contributed by atoms with van der Waals surface area (Å²) >= 11 is 1.43. The Bertz CT molecular complexity index is 708. The van der Waals surface area contributed by atoms with Gasteiger partial charge in [-0.3, -0.25) is 0 Å². The second-order valence-corrected chi connectivity index (χ2v) is 7.49. The predicted octanol–water partition coefficient (Wildman–Crippen LogP) is 1.92. The van der Waals surface area contributed by atoms with Crippen molar-refractivity contribution in [3.63, 3.8) is 0 Å². The Labute approximate surface area is 277 Å². The molecular formula is C19H24Ac3O5S. The molecule has 0 aromatic heterocycles. The van der Waals surface area contributed by atoms with Crippen molar-refractivity contribution in [3.05, 3.63) is 48.0 Å². The van der Waals surface area contributed by atoms with Crippen LogP contribution in [0.3, 0.4) is 0 Å². The first-order valence-electron chi connectivity index (χ1n) is 8.47. The van der Waals surface area contributed by atoms with Gasteiger partial charge in [0.2, 0.25) is 0 Å². The summed E-state index contributed by atoms with van der Waals surface area (Å²) in [6.07, 6.45) is -3.59. The zero-order valence-electron chi connectivity index (χ0n) is 15.8. The van der Waals surface area contributed by atoms with Crippen molar-refractivity contribution in [2.24, 2.45) is 0 Å². The number of aliphatic hydroxyl groups is 3. The predicted molar refractivity (Wildman–Crippen MR) is 98.4 cm³/mol. The molecule has 1 aliphatic heterocycles. The Hall–Kier alpha value is 3.17. The zero-order chi connectivity index (χ0) is 17.8. The summed E-state index contributed by atoms with van der Waals surface area (Å²) in [6.45, 7) is 1.92. The molecule has 5 nitrogen and oxygen atoms in total. The third-order valence-electron chi connectivity index (χ3n) is 4.41. The minimum Gasteiger partial charge on any atom is -0.394 e. The van der Waals surface area contributed by atoms with Gasteiger partial charge >= 0.3 is 0 Å². The van der Waals surface area contributed by atoms with Gasteiger partial charge in [0.25, 0.3) is 0 Å². The van der Waals surface area contributed by atoms with E-state index >= 15 is 0 Å². The van der Waals surface area contributed by atoms with Crippen LogP contribution in [0.2, 0.25) is 0 Å². The summed E-state index contributed by atoms with van der Waals surface area (Å²) in [5, 5.41) is 32.5. The van der Waals surface area contributed by atoms with Crippen molar-refractivity contribution in [3.8, 4) is 0 Å². The van der Waals surface area contributed by atoms with E-state index in [1.807, 2.05) is 49.4 Å². The van der Waals surface area contributed by atoms with Gasteiger partial charge in [0.1, 0.15) is 29.9 Å². The van der Waals surface area contributed by atoms with E-state index in [9.17, 15) is 15.3 Å². The van der Waals surface area contributed by atoms with Crippen LogP contribution in [0.1, 0.15) is 12.5 Å². The minimum absolute atomic E-state index is 0. The monoisotopic (exact) mass is 1050 g/mol. The van der Waals surface area contributed by atoms with Gasteiger partial charge in [-0.05, 0) is 28.2 Å². The van der Waals surface area contributed by atoms with Crippen molar-refractivity contribution in [1.82, 2.24) is 0 Å². The van der Waals surface area contributed by atoms with Crippen molar-refractivity contribution >= 4 is 22.5 Å². The Kier molecular flexibility index (Phi) is 17.7. The summed E-state index contributed by atoms with van der Waals surface area (Å²) < 4.78 is 11.4. The fraction of sp³-hybridized carbons (Fsp3) is 0.474. The van der Waals surface area contributed by atoms with Gasteiger partial charge in [-0.15, -0.1) is 11.8 Å². The van der Waals surface area contributed by atoms with Crippen LogP contribution in [0.15, 0.2) is 42.5 Å². The van der Waals surface area contributed by atoms with Crippen LogP contribution in [0.25, 0.3) is 10.8 Å². The molecule has 2 aromatic carbocycles. The SMILES string of the molecule is CCS[C@@H]1OC(CO)[C@@H](O)[C@H](OCc2ccc3ccccc3c2)C1O.[Ac].[Ac].[Ac]. The van der Waals surface area contributed by atoms with Crippen LogP contribution in [0, 0.1) is 132 Å². The number of hydrogen-bond acceptors (Lipinski definition) is 6. The molecule has 9 heteroatoms. The molecule has 0 amide bonds. The summed E-state index contributed by atoms with van der Waals surface area (Å²) in [5.74, 6) is 0.757. The van der Waals surface area contributed by atoms with Gasteiger partial charge in [-0.2, -0.15) is 0 Å². The fourth-order valence-corrected chi connectivity index (χ4v) is 3.97. The van der Waals surface area contributed by atoms with Gasteiger partial charge in [-0.1, -0.05) is 43.3 Å². The molecule has 1 fully saturated rings. The second-order valence-electron chi connectivity index (χ2n) is 6.12. The normalized spacial score (nSPS) is 26.6. The van der Waals surface area contributed by atoms with Crippen molar-refractivity contribution in [1.29, 1.82) is 0 Å². The summed E-state index contributed by atoms with van der Waals surface area (Å²) in [7, 11) is 0. The van der Waals surface area contributed by atoms with Crippen LogP contribution in [-0.2, 0) is 16.1 Å². The molecule has 1 aliphatic rings. The van der Waals surface area contributed by atoms with E-state index in [4.69, 9.17) is 9.47 Å². The summed E-state index contributed by atoms with van der Waals surface area (Å²) in [4.78, 5) is 0. The number of fused-ring (bicyclic) bond motifs is 1. The quantitative estimate of drug-likeness (QED) is 0.411. The Morgan fingerprint density at radius 3 is 2.32 bits per heavy atom. The topological polar surface area (TPSA) is 79.2 Å². The van der Waals surface area contributed by atoms with Crippen LogP contribution in [0.4, 0.5) is 0 Å². The minimum atomic E-state index is -1.07. The number of benzene rings is 2. The molecule has 0 spiro atoms. The first kappa shape index (κ1) is 31.2. The maximum absolute atomic E-state index is 10.5. The zero-order valence-corrected chi connectivity index (χ0v) is 30.9. The van der Waals surface area contributed by atoms with Crippen molar-refractivity contribution < 1.29 is 157 Å². The molecule has 0 bridgehead atoms. The van der Waals surface area contributed by atoms with E-state index < -0.39 is 29.9 Å². The van der Waals surface area contributed by atoms with E-state index in [0.717, 1.165) is 22.1 Å². The molecule has 2 unspecified atom stereocenters. The molecule has 145 valence electrons. The number of thioether (sulfide) groups is 1. The van der Waals surface area contributed by atoms with E-state index in [2.05, 4.69) is 0 Å². The third kappa shape index (κ3) is 8.19. The van der Waals surface area contributed by atoms with E-state index in [1.54, 1.807) is 0 Å². The smallest absolute Gasteiger partial charge is 0.132 e. The van der Waals surface area contributed by atoms with Gasteiger partial charge in [0.05, 0.1) is 13.2 Å². The second kappa shape index (κ2) is 15.9. The third-order valence-corrected chi connectivity index (χ3v) is 5.46. The van der Waals surface area contributed by atoms with Gasteiger partial charge in [-0.25, -0.2) is 0 Å². The Morgan fingerprint density at radius 2 is 1.68 bits per heavy atom. The maximum atomic E-state index is 10.5. The molecule has 1 saturated heterocycles. The van der Waals surface area contributed by atoms with Crippen LogP contribution >= 0.6 is 11.8 Å². The van der Waals surface area contributed by atoms with Crippen molar-refractivity contribution in [2.75, 3.05) is 12.4 Å². The molecule has 3 N–H and O–H groups in total. The van der Waals surface area contributed by atoms with E-state index in [1.165, 1.54) is 11.8 Å². The molecule has 3 radical (unpaired) electrons. The number of aliphatic hydroxyl groups excluding tert-OH is 3. The van der Waals surface area contributed by atoms with Crippen LogP contribution in [-0.4, -0.2) is 57.5 Å². The molecule has 0 saturated carbocycles. The van der Waals surface area contributed by atoms with Crippen LogP contribution in [0.5, 0.6) is 0 Å². The largest absolute Gasteiger partial charge is 0.394 e. The molecule has 0 aliphatic carbocycles. The first-order valence-corrected chi connectivity index (χ1v) is 9.52. The molecular weight excluding hydrogens is 1020 g/mol. The molecule has 28 heavy (non-hydrogen) atoms. The standard InChI is InChI=1S/C19H24O5S.3Ac/c1-2-25-19-17(22)18(16(21)15(10-20)24-19)23-11-12-7-8-13-5-3-4-6-14(13)9-12;;;/h3-9,15-22H,2,10-11H2,1H3;;;/t15?,16-,17?,18+,19+;;;/m1.../s1. The Balaban J connectivity index is 0.00000243. The Morgan fingerprint density at radius 1 is 1.00 bits per heavy atom. The first-order chi connectivity index (χ1) is 12.1. The average Bonchev–Trinajstić information content (AvgIpc) is 2.64. The summed E-state index contributed by atoms with van der Waals surface area (Å²) in [5.41, 5.74) is 0.442. The number of hydrogen-bond donors (Lipinski definition) is 3. The van der Waals surface area contributed by atoms with E-state index in [-0.39, 0.29) is 145 Å². The summed E-state index contributed by atoms with van der Waals surface area (Å²) in [6, 6.07) is 14.1. The van der Waals surface area contributed by atoms with Gasteiger partial charge in [0, 0.05) is 132 Å². The molecule has 2 aromatic rings. The van der Waals surface area contributed by atoms with Gasteiger partial charge < -0.3 is 24.8 Å². The number of rotatable bonds is 6. The number of ether oxygens (including phenoxy) is 2.